The number of amides is 1. The fourth-order valence-corrected chi connectivity index (χ4v) is 3.53. The van der Waals surface area contributed by atoms with Gasteiger partial charge in [-0.3, -0.25) is 4.79 Å². The molecule has 2 heterocycles. The average Bonchev–Trinajstić information content (AvgIpc) is 2.76. The van der Waals surface area contributed by atoms with Crippen LogP contribution in [0.3, 0.4) is 0 Å². The Kier molecular flexibility index (Phi) is 7.29. The van der Waals surface area contributed by atoms with Gasteiger partial charge in [0.2, 0.25) is 0 Å². The van der Waals surface area contributed by atoms with Crippen LogP contribution in [0.4, 0.5) is 5.82 Å². The fraction of sp³-hybridized carbons (Fsp3) is 0.458. The minimum Gasteiger partial charge on any atom is -0.479 e. The molecule has 1 N–H and O–H groups in total. The van der Waals surface area contributed by atoms with E-state index < -0.39 is 6.10 Å². The molecule has 30 heavy (non-hydrogen) atoms. The number of nitriles is 1. The van der Waals surface area contributed by atoms with E-state index in [2.05, 4.69) is 28.2 Å². The number of pyridine rings is 1. The normalized spacial score (nSPS) is 15.5. The first-order chi connectivity index (χ1) is 14.5. The number of benzene rings is 1. The van der Waals surface area contributed by atoms with Gasteiger partial charge in [0.15, 0.2) is 6.10 Å². The number of nitrogens with zero attached hydrogens (tertiary/aromatic N) is 3. The van der Waals surface area contributed by atoms with E-state index in [1.807, 2.05) is 32.2 Å². The molecule has 0 spiro atoms. The van der Waals surface area contributed by atoms with Crippen molar-refractivity contribution in [2.24, 2.45) is 11.8 Å². The largest absolute Gasteiger partial charge is 0.479 e. The third-order valence-corrected chi connectivity index (χ3v) is 5.51. The Morgan fingerprint density at radius 3 is 2.63 bits per heavy atom. The van der Waals surface area contributed by atoms with E-state index in [0.717, 1.165) is 30.4 Å². The summed E-state index contributed by atoms with van der Waals surface area (Å²) in [5.74, 6) is 1.96. The summed E-state index contributed by atoms with van der Waals surface area (Å²) in [5.41, 5.74) is 1.36. The summed E-state index contributed by atoms with van der Waals surface area (Å²) in [5, 5.41) is 12.2. The van der Waals surface area contributed by atoms with Gasteiger partial charge in [-0.05, 0) is 48.4 Å². The quantitative estimate of drug-likeness (QED) is 0.754. The Labute approximate surface area is 178 Å². The molecule has 1 aromatic heterocycles. The fourth-order valence-electron chi connectivity index (χ4n) is 3.53. The van der Waals surface area contributed by atoms with Crippen LogP contribution >= 0.6 is 0 Å². The molecule has 0 radical (unpaired) electrons. The SMILES string of the molecule is CC1CCN(c2ccc(CNC(=O)C(Oc3ccccc3C#N)C(C)C)cn2)CC1. The zero-order chi connectivity index (χ0) is 21.5. The zero-order valence-corrected chi connectivity index (χ0v) is 18.0. The van der Waals surface area contributed by atoms with Crippen LogP contribution in [0, 0.1) is 23.2 Å². The Bertz CT molecular complexity index is 881. The molecule has 1 aliphatic rings. The lowest BCUT2D eigenvalue weighted by Crippen LogP contribution is -2.41. The predicted molar refractivity (Wildman–Crippen MR) is 117 cm³/mol. The topological polar surface area (TPSA) is 78.3 Å². The summed E-state index contributed by atoms with van der Waals surface area (Å²) in [6, 6.07) is 13.1. The Morgan fingerprint density at radius 2 is 2.00 bits per heavy atom. The van der Waals surface area contributed by atoms with E-state index in [4.69, 9.17) is 4.74 Å². The Hall–Kier alpha value is -3.07. The molecule has 1 saturated heterocycles. The molecule has 1 aliphatic heterocycles. The summed E-state index contributed by atoms with van der Waals surface area (Å²) in [6.07, 6.45) is 3.54. The Balaban J connectivity index is 1.58. The van der Waals surface area contributed by atoms with Crippen LogP contribution in [0.25, 0.3) is 0 Å². The number of ether oxygens (including phenoxy) is 1. The van der Waals surface area contributed by atoms with Crippen molar-refractivity contribution in [1.82, 2.24) is 10.3 Å². The lowest BCUT2D eigenvalue weighted by atomic mass is 9.99. The van der Waals surface area contributed by atoms with Gasteiger partial charge in [0.25, 0.3) is 5.91 Å². The highest BCUT2D eigenvalue weighted by atomic mass is 16.5. The summed E-state index contributed by atoms with van der Waals surface area (Å²) in [6.45, 7) is 8.62. The van der Waals surface area contributed by atoms with Crippen LogP contribution in [0.15, 0.2) is 42.6 Å². The summed E-state index contributed by atoms with van der Waals surface area (Å²) in [4.78, 5) is 19.7. The van der Waals surface area contributed by atoms with E-state index in [0.29, 0.717) is 17.9 Å². The maximum atomic E-state index is 12.8. The lowest BCUT2D eigenvalue weighted by Gasteiger charge is -2.31. The molecule has 6 heteroatoms. The minimum atomic E-state index is -0.679. The van der Waals surface area contributed by atoms with E-state index in [1.54, 1.807) is 24.3 Å². The van der Waals surface area contributed by atoms with Crippen molar-refractivity contribution in [2.75, 3.05) is 18.0 Å². The van der Waals surface area contributed by atoms with Gasteiger partial charge in [0.1, 0.15) is 17.6 Å². The van der Waals surface area contributed by atoms with Crippen molar-refractivity contribution < 1.29 is 9.53 Å². The number of anilines is 1. The van der Waals surface area contributed by atoms with Gasteiger partial charge in [-0.25, -0.2) is 4.98 Å². The second-order valence-corrected chi connectivity index (χ2v) is 8.30. The van der Waals surface area contributed by atoms with Crippen molar-refractivity contribution >= 4 is 11.7 Å². The highest BCUT2D eigenvalue weighted by molar-refractivity contribution is 5.81. The number of piperidine rings is 1. The third-order valence-electron chi connectivity index (χ3n) is 5.51. The van der Waals surface area contributed by atoms with Crippen LogP contribution in [0.2, 0.25) is 0 Å². The van der Waals surface area contributed by atoms with Crippen molar-refractivity contribution in [2.45, 2.75) is 46.3 Å². The molecule has 6 nitrogen and oxygen atoms in total. The molecule has 3 rings (SSSR count). The van der Waals surface area contributed by atoms with Crippen molar-refractivity contribution in [3.8, 4) is 11.8 Å². The summed E-state index contributed by atoms with van der Waals surface area (Å²) >= 11 is 0. The number of carbonyl (C=O) groups excluding carboxylic acids is 1. The monoisotopic (exact) mass is 406 g/mol. The predicted octanol–water partition coefficient (Wildman–Crippen LogP) is 3.91. The van der Waals surface area contributed by atoms with E-state index in [1.165, 1.54) is 12.8 Å². The van der Waals surface area contributed by atoms with Crippen LogP contribution in [-0.2, 0) is 11.3 Å². The lowest BCUT2D eigenvalue weighted by molar-refractivity contribution is -0.130. The number of carbonyl (C=O) groups is 1. The first-order valence-electron chi connectivity index (χ1n) is 10.6. The minimum absolute atomic E-state index is 0.0428. The van der Waals surface area contributed by atoms with Crippen molar-refractivity contribution in [1.29, 1.82) is 5.26 Å². The first kappa shape index (κ1) is 21.6. The van der Waals surface area contributed by atoms with E-state index >= 15 is 0 Å². The number of nitrogens with one attached hydrogen (secondary N) is 1. The molecule has 1 amide bonds. The highest BCUT2D eigenvalue weighted by Gasteiger charge is 2.25. The number of aromatic nitrogens is 1. The van der Waals surface area contributed by atoms with Crippen LogP contribution in [-0.4, -0.2) is 30.1 Å². The average molecular weight is 407 g/mol. The first-order valence-corrected chi connectivity index (χ1v) is 10.6. The maximum Gasteiger partial charge on any atom is 0.261 e. The van der Waals surface area contributed by atoms with Gasteiger partial charge in [-0.2, -0.15) is 5.26 Å². The molecular weight excluding hydrogens is 376 g/mol. The van der Waals surface area contributed by atoms with Crippen molar-refractivity contribution in [3.63, 3.8) is 0 Å². The molecule has 1 atom stereocenters. The molecule has 0 bridgehead atoms. The van der Waals surface area contributed by atoms with Gasteiger partial charge in [0.05, 0.1) is 5.56 Å². The van der Waals surface area contributed by atoms with Crippen LogP contribution in [0.5, 0.6) is 5.75 Å². The molecule has 158 valence electrons. The maximum absolute atomic E-state index is 12.8. The molecule has 2 aromatic rings. The zero-order valence-electron chi connectivity index (χ0n) is 18.0. The molecule has 0 saturated carbocycles. The van der Waals surface area contributed by atoms with Gasteiger partial charge in [0, 0.05) is 25.8 Å². The number of para-hydroxylation sites is 1. The van der Waals surface area contributed by atoms with E-state index in [-0.39, 0.29) is 11.8 Å². The smallest absolute Gasteiger partial charge is 0.261 e. The second kappa shape index (κ2) is 10.1. The number of hydrogen-bond donors (Lipinski definition) is 1. The summed E-state index contributed by atoms with van der Waals surface area (Å²) < 4.78 is 5.90. The second-order valence-electron chi connectivity index (χ2n) is 8.30. The van der Waals surface area contributed by atoms with Gasteiger partial charge >= 0.3 is 0 Å². The molecule has 1 unspecified atom stereocenters. The molecule has 0 aliphatic carbocycles. The van der Waals surface area contributed by atoms with Gasteiger partial charge < -0.3 is 15.0 Å². The molecule has 1 fully saturated rings. The van der Waals surface area contributed by atoms with Gasteiger partial charge in [-0.15, -0.1) is 0 Å². The summed E-state index contributed by atoms with van der Waals surface area (Å²) in [7, 11) is 0. The number of rotatable bonds is 7. The standard InChI is InChI=1S/C24H30N4O2/c1-17(2)23(30-21-7-5-4-6-20(21)14-25)24(29)27-16-19-8-9-22(26-15-19)28-12-10-18(3)11-13-28/h4-9,15,17-18,23H,10-13,16H2,1-3H3,(H,27,29). The highest BCUT2D eigenvalue weighted by Crippen LogP contribution is 2.22. The Morgan fingerprint density at radius 1 is 1.27 bits per heavy atom. The van der Waals surface area contributed by atoms with E-state index in [9.17, 15) is 10.1 Å². The number of hydrogen-bond acceptors (Lipinski definition) is 5. The third kappa shape index (κ3) is 5.50. The van der Waals surface area contributed by atoms with Crippen LogP contribution < -0.4 is 15.0 Å². The van der Waals surface area contributed by atoms with Crippen molar-refractivity contribution in [3.05, 3.63) is 53.7 Å². The van der Waals surface area contributed by atoms with Crippen LogP contribution in [0.1, 0.15) is 44.7 Å². The van der Waals surface area contributed by atoms with Gasteiger partial charge in [-0.1, -0.05) is 39.0 Å². The molecule has 1 aromatic carbocycles. The molecular formula is C24H30N4O2.